The number of ether oxygens (including phenoxy) is 2. The molecule has 0 N–H and O–H groups in total. The summed E-state index contributed by atoms with van der Waals surface area (Å²) in [5, 5.41) is 0. The lowest BCUT2D eigenvalue weighted by atomic mass is 10.1. The first-order valence-electron chi connectivity index (χ1n) is 3.51. The summed E-state index contributed by atoms with van der Waals surface area (Å²) in [7, 11) is 0. The summed E-state index contributed by atoms with van der Waals surface area (Å²) in [5.41, 5.74) is 0. The van der Waals surface area contributed by atoms with Crippen molar-refractivity contribution in [2.75, 3.05) is 13.2 Å². The van der Waals surface area contributed by atoms with E-state index in [4.69, 9.17) is 9.47 Å². The molecule has 0 spiro atoms. The average Bonchev–Trinajstić information content (AvgIpc) is 2.40. The number of rotatable bonds is 3. The highest BCUT2D eigenvalue weighted by Gasteiger charge is 2.18. The van der Waals surface area contributed by atoms with Crippen LogP contribution < -0.4 is 0 Å². The molecule has 0 radical (unpaired) electrons. The van der Waals surface area contributed by atoms with Crippen LogP contribution in [-0.2, 0) is 14.3 Å². The van der Waals surface area contributed by atoms with Gasteiger partial charge in [0, 0.05) is 12.3 Å². The van der Waals surface area contributed by atoms with Gasteiger partial charge in [0.1, 0.15) is 6.29 Å². The van der Waals surface area contributed by atoms with E-state index in [9.17, 15) is 4.79 Å². The second kappa shape index (κ2) is 3.68. The van der Waals surface area contributed by atoms with Crippen LogP contribution >= 0.6 is 0 Å². The first kappa shape index (κ1) is 7.69. The Bertz CT molecular complexity index is 107. The molecule has 3 heteroatoms. The zero-order valence-corrected chi connectivity index (χ0v) is 6.08. The standard InChI is InChI=1S/C7H12O3/c1-6(5-8)4-7-9-2-3-10-7/h5-7H,2-4H2,1H3/t6-/m1/s1. The fourth-order valence-electron chi connectivity index (χ4n) is 0.902. The summed E-state index contributed by atoms with van der Waals surface area (Å²) in [6, 6.07) is 0. The van der Waals surface area contributed by atoms with Crippen LogP contribution in [0.2, 0.25) is 0 Å². The maximum Gasteiger partial charge on any atom is 0.158 e. The predicted octanol–water partition coefficient (Wildman–Crippen LogP) is 0.584. The molecule has 1 fully saturated rings. The van der Waals surface area contributed by atoms with Crippen LogP contribution in [-0.4, -0.2) is 25.8 Å². The first-order chi connectivity index (χ1) is 4.83. The molecular formula is C7H12O3. The lowest BCUT2D eigenvalue weighted by Crippen LogP contribution is -2.12. The van der Waals surface area contributed by atoms with E-state index in [2.05, 4.69) is 0 Å². The summed E-state index contributed by atoms with van der Waals surface area (Å²) >= 11 is 0. The van der Waals surface area contributed by atoms with Gasteiger partial charge in [0.15, 0.2) is 6.29 Å². The summed E-state index contributed by atoms with van der Waals surface area (Å²) < 4.78 is 10.3. The lowest BCUT2D eigenvalue weighted by Gasteiger charge is -2.09. The van der Waals surface area contributed by atoms with E-state index in [-0.39, 0.29) is 12.2 Å². The zero-order chi connectivity index (χ0) is 7.40. The van der Waals surface area contributed by atoms with Crippen LogP contribution in [0.4, 0.5) is 0 Å². The zero-order valence-electron chi connectivity index (χ0n) is 6.08. The van der Waals surface area contributed by atoms with Gasteiger partial charge in [-0.1, -0.05) is 6.92 Å². The number of hydrogen-bond acceptors (Lipinski definition) is 3. The highest BCUT2D eigenvalue weighted by atomic mass is 16.7. The fourth-order valence-corrected chi connectivity index (χ4v) is 0.902. The van der Waals surface area contributed by atoms with Crippen LogP contribution in [0.15, 0.2) is 0 Å². The van der Waals surface area contributed by atoms with Gasteiger partial charge in [-0.25, -0.2) is 0 Å². The Morgan fingerprint density at radius 1 is 1.60 bits per heavy atom. The minimum absolute atomic E-state index is 0.0445. The smallest absolute Gasteiger partial charge is 0.158 e. The molecule has 10 heavy (non-hydrogen) atoms. The number of carbonyl (C=O) groups is 1. The molecule has 0 aromatic carbocycles. The molecule has 1 aliphatic rings. The summed E-state index contributed by atoms with van der Waals surface area (Å²) in [6.45, 7) is 3.19. The molecule has 58 valence electrons. The monoisotopic (exact) mass is 144 g/mol. The van der Waals surface area contributed by atoms with Gasteiger partial charge in [-0.05, 0) is 0 Å². The fraction of sp³-hybridized carbons (Fsp3) is 0.857. The molecule has 1 rings (SSSR count). The molecule has 0 saturated carbocycles. The van der Waals surface area contributed by atoms with Crippen molar-refractivity contribution in [2.45, 2.75) is 19.6 Å². The van der Waals surface area contributed by atoms with Crippen molar-refractivity contribution < 1.29 is 14.3 Å². The molecule has 1 atom stereocenters. The maximum absolute atomic E-state index is 10.2. The lowest BCUT2D eigenvalue weighted by molar-refractivity contribution is -0.114. The Balaban J connectivity index is 2.17. The molecule has 1 saturated heterocycles. The van der Waals surface area contributed by atoms with Gasteiger partial charge in [-0.2, -0.15) is 0 Å². The largest absolute Gasteiger partial charge is 0.350 e. The molecule has 0 bridgehead atoms. The van der Waals surface area contributed by atoms with E-state index in [0.717, 1.165) is 6.29 Å². The third-order valence-electron chi connectivity index (χ3n) is 1.49. The third-order valence-corrected chi connectivity index (χ3v) is 1.49. The quantitative estimate of drug-likeness (QED) is 0.544. The van der Waals surface area contributed by atoms with Crippen LogP contribution in [0, 0.1) is 5.92 Å². The molecule has 0 amide bonds. The van der Waals surface area contributed by atoms with E-state index < -0.39 is 0 Å². The van der Waals surface area contributed by atoms with E-state index in [1.54, 1.807) is 0 Å². The Morgan fingerprint density at radius 2 is 2.20 bits per heavy atom. The summed E-state index contributed by atoms with van der Waals surface area (Å²) in [5.74, 6) is 0.0445. The molecule has 0 aliphatic carbocycles. The predicted molar refractivity (Wildman–Crippen MR) is 35.5 cm³/mol. The van der Waals surface area contributed by atoms with E-state index in [0.29, 0.717) is 19.6 Å². The van der Waals surface area contributed by atoms with Crippen molar-refractivity contribution in [3.63, 3.8) is 0 Å². The van der Waals surface area contributed by atoms with Gasteiger partial charge in [0.25, 0.3) is 0 Å². The minimum atomic E-state index is -0.139. The van der Waals surface area contributed by atoms with E-state index in [1.165, 1.54) is 0 Å². The average molecular weight is 144 g/mol. The second-order valence-corrected chi connectivity index (χ2v) is 2.52. The van der Waals surface area contributed by atoms with Crippen molar-refractivity contribution in [1.82, 2.24) is 0 Å². The van der Waals surface area contributed by atoms with Gasteiger partial charge in [-0.3, -0.25) is 0 Å². The van der Waals surface area contributed by atoms with Crippen molar-refractivity contribution in [2.24, 2.45) is 5.92 Å². The molecule has 1 heterocycles. The van der Waals surface area contributed by atoms with E-state index in [1.807, 2.05) is 6.92 Å². The highest BCUT2D eigenvalue weighted by molar-refractivity contribution is 5.52. The Kier molecular flexibility index (Phi) is 2.83. The summed E-state index contributed by atoms with van der Waals surface area (Å²) in [4.78, 5) is 10.2. The van der Waals surface area contributed by atoms with Crippen LogP contribution in [0.1, 0.15) is 13.3 Å². The van der Waals surface area contributed by atoms with Crippen LogP contribution in [0.3, 0.4) is 0 Å². The van der Waals surface area contributed by atoms with Crippen molar-refractivity contribution in [3.05, 3.63) is 0 Å². The van der Waals surface area contributed by atoms with Gasteiger partial charge < -0.3 is 14.3 Å². The molecule has 0 unspecified atom stereocenters. The number of carbonyl (C=O) groups excluding carboxylic acids is 1. The molecule has 3 nitrogen and oxygen atoms in total. The molecule has 0 aromatic rings. The molecule has 1 aliphatic heterocycles. The topological polar surface area (TPSA) is 35.5 Å². The first-order valence-corrected chi connectivity index (χ1v) is 3.51. The molecular weight excluding hydrogens is 132 g/mol. The third kappa shape index (κ3) is 2.08. The minimum Gasteiger partial charge on any atom is -0.350 e. The number of aldehydes is 1. The summed E-state index contributed by atoms with van der Waals surface area (Å²) in [6.07, 6.45) is 1.47. The number of hydrogen-bond donors (Lipinski definition) is 0. The second-order valence-electron chi connectivity index (χ2n) is 2.52. The highest BCUT2D eigenvalue weighted by Crippen LogP contribution is 2.12. The van der Waals surface area contributed by atoms with Crippen molar-refractivity contribution in [3.8, 4) is 0 Å². The Hall–Kier alpha value is -0.410. The van der Waals surface area contributed by atoms with Gasteiger partial charge >= 0.3 is 0 Å². The van der Waals surface area contributed by atoms with Crippen LogP contribution in [0.25, 0.3) is 0 Å². The van der Waals surface area contributed by atoms with E-state index >= 15 is 0 Å². The van der Waals surface area contributed by atoms with Gasteiger partial charge in [0.2, 0.25) is 0 Å². The van der Waals surface area contributed by atoms with Gasteiger partial charge in [-0.15, -0.1) is 0 Å². The van der Waals surface area contributed by atoms with Crippen molar-refractivity contribution >= 4 is 6.29 Å². The van der Waals surface area contributed by atoms with Crippen molar-refractivity contribution in [1.29, 1.82) is 0 Å². The Labute approximate surface area is 60.3 Å². The SMILES string of the molecule is C[C@@H](C=O)CC1OCCO1. The van der Waals surface area contributed by atoms with Gasteiger partial charge in [0.05, 0.1) is 13.2 Å². The maximum atomic E-state index is 10.2. The van der Waals surface area contributed by atoms with Crippen LogP contribution in [0.5, 0.6) is 0 Å². The Morgan fingerprint density at radius 3 is 2.70 bits per heavy atom. The molecule has 0 aromatic heterocycles. The normalized spacial score (nSPS) is 22.9.